The molecule has 2 aromatic heterocycles. The number of nitrogens with one attached hydrogen (secondary N) is 1. The van der Waals surface area contributed by atoms with Crippen LogP contribution in [0, 0.1) is 19.8 Å². The molecule has 0 saturated carbocycles. The van der Waals surface area contributed by atoms with Gasteiger partial charge in [0.15, 0.2) is 0 Å². The molecule has 114 valence electrons. The lowest BCUT2D eigenvalue weighted by molar-refractivity contribution is 0.551. The van der Waals surface area contributed by atoms with Crippen molar-refractivity contribution in [3.8, 4) is 5.95 Å². The molecule has 2 aromatic rings. The number of aryl methyl sites for hydroxylation is 1. The number of hydrogen-bond donors (Lipinski definition) is 1. The van der Waals surface area contributed by atoms with Crippen LogP contribution >= 0.6 is 0 Å². The van der Waals surface area contributed by atoms with E-state index >= 15 is 0 Å². The fourth-order valence-electron chi connectivity index (χ4n) is 2.44. The van der Waals surface area contributed by atoms with Crippen LogP contribution in [0.25, 0.3) is 5.95 Å². The second-order valence-electron chi connectivity index (χ2n) is 5.83. The van der Waals surface area contributed by atoms with Crippen LogP contribution in [-0.4, -0.2) is 26.3 Å². The zero-order valence-electron chi connectivity index (χ0n) is 13.6. The quantitative estimate of drug-likeness (QED) is 0.887. The van der Waals surface area contributed by atoms with Crippen molar-refractivity contribution in [2.75, 3.05) is 6.54 Å². The van der Waals surface area contributed by atoms with E-state index in [4.69, 9.17) is 0 Å². The topological polar surface area (TPSA) is 55.6 Å². The lowest BCUT2D eigenvalue weighted by atomic mass is 10.1. The Morgan fingerprint density at radius 1 is 1.19 bits per heavy atom. The third-order valence-corrected chi connectivity index (χ3v) is 3.56. The summed E-state index contributed by atoms with van der Waals surface area (Å²) >= 11 is 0. The van der Waals surface area contributed by atoms with Gasteiger partial charge in [0.2, 0.25) is 0 Å². The van der Waals surface area contributed by atoms with Gasteiger partial charge in [-0.2, -0.15) is 5.10 Å². The number of rotatable bonds is 6. The second kappa shape index (κ2) is 6.80. The zero-order valence-corrected chi connectivity index (χ0v) is 13.6. The first-order valence-corrected chi connectivity index (χ1v) is 7.60. The lowest BCUT2D eigenvalue weighted by Crippen LogP contribution is -2.19. The molecule has 0 fully saturated rings. The predicted molar refractivity (Wildman–Crippen MR) is 84.6 cm³/mol. The van der Waals surface area contributed by atoms with Gasteiger partial charge in [0.1, 0.15) is 0 Å². The van der Waals surface area contributed by atoms with Crippen LogP contribution in [0.5, 0.6) is 0 Å². The van der Waals surface area contributed by atoms with E-state index in [9.17, 15) is 0 Å². The molecule has 0 aliphatic carbocycles. The third kappa shape index (κ3) is 3.67. The highest BCUT2D eigenvalue weighted by molar-refractivity contribution is 5.29. The van der Waals surface area contributed by atoms with Gasteiger partial charge in [0.25, 0.3) is 5.95 Å². The summed E-state index contributed by atoms with van der Waals surface area (Å²) in [5.74, 6) is 1.29. The van der Waals surface area contributed by atoms with Crippen molar-refractivity contribution in [2.24, 2.45) is 5.92 Å². The van der Waals surface area contributed by atoms with Crippen molar-refractivity contribution >= 4 is 0 Å². The van der Waals surface area contributed by atoms with Gasteiger partial charge in [-0.1, -0.05) is 20.8 Å². The highest BCUT2D eigenvalue weighted by Gasteiger charge is 2.12. The standard InChI is InChI=1S/C16H25N5/c1-6-15-12(4)20-21(13(15)5)16-18-9-14(10-19-16)8-17-7-11(2)3/h9-11,17H,6-8H2,1-5H3. The molecule has 0 aliphatic rings. The van der Waals surface area contributed by atoms with Gasteiger partial charge >= 0.3 is 0 Å². The average Bonchev–Trinajstić information content (AvgIpc) is 2.74. The molecule has 0 unspecified atom stereocenters. The molecule has 2 rings (SSSR count). The van der Waals surface area contributed by atoms with E-state index < -0.39 is 0 Å². The Labute approximate surface area is 126 Å². The molecule has 0 amide bonds. The van der Waals surface area contributed by atoms with Gasteiger partial charge in [-0.3, -0.25) is 0 Å². The Balaban J connectivity index is 2.12. The largest absolute Gasteiger partial charge is 0.312 e. The lowest BCUT2D eigenvalue weighted by Gasteiger charge is -2.08. The first-order valence-electron chi connectivity index (χ1n) is 7.60. The molecule has 0 radical (unpaired) electrons. The molecule has 0 bridgehead atoms. The Morgan fingerprint density at radius 2 is 1.86 bits per heavy atom. The fraction of sp³-hybridized carbons (Fsp3) is 0.562. The van der Waals surface area contributed by atoms with Crippen LogP contribution in [-0.2, 0) is 13.0 Å². The number of aromatic nitrogens is 4. The molecular formula is C16H25N5. The van der Waals surface area contributed by atoms with E-state index in [1.165, 1.54) is 5.56 Å². The number of hydrogen-bond acceptors (Lipinski definition) is 4. The van der Waals surface area contributed by atoms with Gasteiger partial charge in [0, 0.05) is 30.2 Å². The smallest absolute Gasteiger partial charge is 0.250 e. The van der Waals surface area contributed by atoms with Crippen LogP contribution in [0.15, 0.2) is 12.4 Å². The molecule has 21 heavy (non-hydrogen) atoms. The molecule has 0 atom stereocenters. The fourth-order valence-corrected chi connectivity index (χ4v) is 2.44. The zero-order chi connectivity index (χ0) is 15.4. The Hall–Kier alpha value is -1.75. The highest BCUT2D eigenvalue weighted by atomic mass is 15.4. The summed E-state index contributed by atoms with van der Waals surface area (Å²) in [6.45, 7) is 12.4. The van der Waals surface area contributed by atoms with Crippen LogP contribution in [0.2, 0.25) is 0 Å². The maximum atomic E-state index is 4.54. The van der Waals surface area contributed by atoms with Crippen LogP contribution in [0.3, 0.4) is 0 Å². The molecule has 0 saturated heterocycles. The molecule has 0 spiro atoms. The molecule has 0 aromatic carbocycles. The van der Waals surface area contributed by atoms with E-state index in [2.05, 4.69) is 48.1 Å². The van der Waals surface area contributed by atoms with Gasteiger partial charge in [0.05, 0.1) is 5.69 Å². The SMILES string of the molecule is CCc1c(C)nn(-c2ncc(CNCC(C)C)cn2)c1C. The summed E-state index contributed by atoms with van der Waals surface area (Å²) in [5, 5.41) is 7.93. The minimum absolute atomic E-state index is 0.642. The van der Waals surface area contributed by atoms with Gasteiger partial charge in [-0.05, 0) is 38.3 Å². The average molecular weight is 287 g/mol. The van der Waals surface area contributed by atoms with E-state index in [-0.39, 0.29) is 0 Å². The minimum atomic E-state index is 0.642. The van der Waals surface area contributed by atoms with Crippen molar-refractivity contribution in [2.45, 2.75) is 47.6 Å². The van der Waals surface area contributed by atoms with E-state index in [1.54, 1.807) is 0 Å². The molecule has 5 heteroatoms. The van der Waals surface area contributed by atoms with Crippen molar-refractivity contribution in [3.63, 3.8) is 0 Å². The molecule has 1 N–H and O–H groups in total. The van der Waals surface area contributed by atoms with Crippen LogP contribution < -0.4 is 5.32 Å². The number of nitrogens with zero attached hydrogens (tertiary/aromatic N) is 4. The molecular weight excluding hydrogens is 262 g/mol. The van der Waals surface area contributed by atoms with Crippen molar-refractivity contribution in [1.82, 2.24) is 25.1 Å². The maximum absolute atomic E-state index is 4.54. The summed E-state index contributed by atoms with van der Waals surface area (Å²) in [7, 11) is 0. The Kier molecular flexibility index (Phi) is 5.07. The third-order valence-electron chi connectivity index (χ3n) is 3.56. The normalized spacial score (nSPS) is 11.3. The van der Waals surface area contributed by atoms with Gasteiger partial charge < -0.3 is 5.32 Å². The van der Waals surface area contributed by atoms with Crippen LogP contribution in [0.1, 0.15) is 43.3 Å². The predicted octanol–water partition coefficient (Wildman–Crippen LogP) is 2.59. The summed E-state index contributed by atoms with van der Waals surface area (Å²) in [5.41, 5.74) is 4.56. The van der Waals surface area contributed by atoms with E-state index in [1.807, 2.05) is 24.0 Å². The van der Waals surface area contributed by atoms with Crippen molar-refractivity contribution in [1.29, 1.82) is 0 Å². The summed E-state index contributed by atoms with van der Waals surface area (Å²) in [6, 6.07) is 0. The summed E-state index contributed by atoms with van der Waals surface area (Å²) in [4.78, 5) is 8.89. The van der Waals surface area contributed by atoms with Gasteiger partial charge in [-0.15, -0.1) is 0 Å². The van der Waals surface area contributed by atoms with Crippen molar-refractivity contribution < 1.29 is 0 Å². The van der Waals surface area contributed by atoms with Crippen molar-refractivity contribution in [3.05, 3.63) is 34.9 Å². The minimum Gasteiger partial charge on any atom is -0.312 e. The summed E-state index contributed by atoms with van der Waals surface area (Å²) in [6.07, 6.45) is 4.73. The van der Waals surface area contributed by atoms with Gasteiger partial charge in [-0.25, -0.2) is 14.6 Å². The monoisotopic (exact) mass is 287 g/mol. The first-order chi connectivity index (χ1) is 10.0. The van der Waals surface area contributed by atoms with E-state index in [0.717, 1.165) is 36.5 Å². The Bertz CT molecular complexity index is 583. The highest BCUT2D eigenvalue weighted by Crippen LogP contribution is 2.16. The molecule has 5 nitrogen and oxygen atoms in total. The Morgan fingerprint density at radius 3 is 2.38 bits per heavy atom. The molecule has 0 aliphatic heterocycles. The van der Waals surface area contributed by atoms with Crippen LogP contribution in [0.4, 0.5) is 0 Å². The first kappa shape index (κ1) is 15.6. The molecule has 2 heterocycles. The summed E-state index contributed by atoms with van der Waals surface area (Å²) < 4.78 is 1.83. The van der Waals surface area contributed by atoms with E-state index in [0.29, 0.717) is 11.9 Å². The second-order valence-corrected chi connectivity index (χ2v) is 5.83. The maximum Gasteiger partial charge on any atom is 0.250 e.